The van der Waals surface area contributed by atoms with Crippen molar-refractivity contribution >= 4 is 15.7 Å². The summed E-state index contributed by atoms with van der Waals surface area (Å²) >= 11 is 0. The van der Waals surface area contributed by atoms with E-state index in [0.717, 1.165) is 18.9 Å². The molecule has 0 aromatic rings. The molecule has 130 valence electrons. The quantitative estimate of drug-likeness (QED) is 0.226. The third-order valence-corrected chi connectivity index (χ3v) is 5.10. The van der Waals surface area contributed by atoms with E-state index < -0.39 is 0 Å². The van der Waals surface area contributed by atoms with Crippen molar-refractivity contribution in [2.45, 2.75) is 116 Å². The van der Waals surface area contributed by atoms with Crippen LogP contribution >= 0.6 is 0 Å². The number of hydrogen-bond donors (Lipinski definition) is 0. The van der Waals surface area contributed by atoms with Crippen LogP contribution in [0.4, 0.5) is 0 Å². The van der Waals surface area contributed by atoms with Gasteiger partial charge in [0.1, 0.15) is 0 Å². The Bertz CT molecular complexity index is 231. The predicted octanol–water partition coefficient (Wildman–Crippen LogP) is 6.46. The molecule has 0 aromatic heterocycles. The van der Waals surface area contributed by atoms with Crippen molar-refractivity contribution in [3.05, 3.63) is 0 Å². The summed E-state index contributed by atoms with van der Waals surface area (Å²) < 4.78 is 5.18. The lowest BCUT2D eigenvalue weighted by Gasteiger charge is -2.04. The van der Waals surface area contributed by atoms with Crippen molar-refractivity contribution in [2.75, 3.05) is 0 Å². The van der Waals surface area contributed by atoms with Crippen LogP contribution in [0, 0.1) is 0 Å². The second-order valence-corrected chi connectivity index (χ2v) is 7.35. The van der Waals surface area contributed by atoms with E-state index in [1.807, 2.05) is 0 Å². The minimum Gasteiger partial charge on any atom is -0.516 e. The molecule has 0 rings (SSSR count). The SMILES string of the molecule is CCCCCCCCCCCCCCCC(=O)O[Si]CCC. The summed E-state index contributed by atoms with van der Waals surface area (Å²) in [6.45, 7) is 4.39. The first-order valence-electron chi connectivity index (χ1n) is 9.73. The minimum atomic E-state index is 0.00913. The molecule has 0 amide bonds. The second-order valence-electron chi connectivity index (χ2n) is 6.36. The predicted molar refractivity (Wildman–Crippen MR) is 97.3 cm³/mol. The van der Waals surface area contributed by atoms with Gasteiger partial charge >= 0.3 is 9.76 Å². The average molecular weight is 327 g/mol. The molecule has 2 nitrogen and oxygen atoms in total. The van der Waals surface area contributed by atoms with Crippen molar-refractivity contribution in [1.82, 2.24) is 0 Å². The van der Waals surface area contributed by atoms with Gasteiger partial charge in [0.15, 0.2) is 0 Å². The molecular formula is C19H38O2Si. The highest BCUT2D eigenvalue weighted by atomic mass is 28.2. The third-order valence-electron chi connectivity index (χ3n) is 4.02. The van der Waals surface area contributed by atoms with Gasteiger partial charge in [0.25, 0.3) is 5.97 Å². The number of carbonyl (C=O) groups is 1. The maximum absolute atomic E-state index is 11.4. The van der Waals surface area contributed by atoms with Gasteiger partial charge in [-0.2, -0.15) is 0 Å². The molecule has 2 radical (unpaired) electrons. The van der Waals surface area contributed by atoms with Crippen LogP contribution in [0.15, 0.2) is 0 Å². The first kappa shape index (κ1) is 21.7. The molecule has 0 aliphatic rings. The molecule has 22 heavy (non-hydrogen) atoms. The molecule has 0 saturated heterocycles. The molecule has 0 N–H and O–H groups in total. The first-order valence-corrected chi connectivity index (χ1v) is 10.8. The Labute approximate surface area is 141 Å². The molecule has 0 aromatic carbocycles. The highest BCUT2D eigenvalue weighted by molar-refractivity contribution is 6.30. The van der Waals surface area contributed by atoms with Crippen LogP contribution in [0.3, 0.4) is 0 Å². The van der Waals surface area contributed by atoms with Gasteiger partial charge in [-0.25, -0.2) is 0 Å². The number of hydrogen-bond acceptors (Lipinski definition) is 2. The zero-order valence-corrected chi connectivity index (χ0v) is 16.1. The van der Waals surface area contributed by atoms with Gasteiger partial charge in [0, 0.05) is 6.42 Å². The number of carbonyl (C=O) groups excluding carboxylic acids is 1. The van der Waals surface area contributed by atoms with E-state index in [1.54, 1.807) is 0 Å². The van der Waals surface area contributed by atoms with E-state index in [2.05, 4.69) is 13.8 Å². The van der Waals surface area contributed by atoms with Crippen LogP contribution in [-0.4, -0.2) is 15.7 Å². The molecule has 0 unspecified atom stereocenters. The van der Waals surface area contributed by atoms with E-state index in [-0.39, 0.29) is 5.97 Å². The van der Waals surface area contributed by atoms with Crippen molar-refractivity contribution < 1.29 is 9.22 Å². The summed E-state index contributed by atoms with van der Waals surface area (Å²) in [7, 11) is 0.374. The molecule has 0 atom stereocenters. The van der Waals surface area contributed by atoms with Gasteiger partial charge < -0.3 is 4.43 Å². The van der Waals surface area contributed by atoms with Crippen molar-refractivity contribution in [2.24, 2.45) is 0 Å². The molecular weight excluding hydrogens is 288 g/mol. The maximum Gasteiger partial charge on any atom is 0.314 e. The van der Waals surface area contributed by atoms with Gasteiger partial charge in [-0.15, -0.1) is 0 Å². The van der Waals surface area contributed by atoms with Crippen molar-refractivity contribution in [1.29, 1.82) is 0 Å². The molecule has 0 fully saturated rings. The largest absolute Gasteiger partial charge is 0.516 e. The van der Waals surface area contributed by atoms with E-state index in [9.17, 15) is 4.79 Å². The van der Waals surface area contributed by atoms with Gasteiger partial charge in [0.2, 0.25) is 0 Å². The summed E-state index contributed by atoms with van der Waals surface area (Å²) in [5.41, 5.74) is 0. The lowest BCUT2D eigenvalue weighted by molar-refractivity contribution is -0.134. The summed E-state index contributed by atoms with van der Waals surface area (Å²) in [6.07, 6.45) is 19.2. The Hall–Kier alpha value is -0.313. The third kappa shape index (κ3) is 17.7. The van der Waals surface area contributed by atoms with Gasteiger partial charge in [-0.3, -0.25) is 4.79 Å². The summed E-state index contributed by atoms with van der Waals surface area (Å²) in [5, 5.41) is 0. The minimum absolute atomic E-state index is 0.00913. The second kappa shape index (κ2) is 18.7. The van der Waals surface area contributed by atoms with Crippen LogP contribution in [0.5, 0.6) is 0 Å². The van der Waals surface area contributed by atoms with Crippen LogP contribution in [-0.2, 0) is 9.22 Å². The molecule has 0 bridgehead atoms. The van der Waals surface area contributed by atoms with Crippen molar-refractivity contribution in [3.8, 4) is 0 Å². The maximum atomic E-state index is 11.4. The van der Waals surface area contributed by atoms with Crippen LogP contribution < -0.4 is 0 Å². The fourth-order valence-corrected chi connectivity index (χ4v) is 3.14. The fraction of sp³-hybridized carbons (Fsp3) is 0.947. The molecule has 0 aliphatic carbocycles. The van der Waals surface area contributed by atoms with Gasteiger partial charge in [-0.1, -0.05) is 97.3 Å². The zero-order valence-electron chi connectivity index (χ0n) is 15.1. The van der Waals surface area contributed by atoms with Crippen LogP contribution in [0.1, 0.15) is 110 Å². The van der Waals surface area contributed by atoms with E-state index in [0.29, 0.717) is 16.2 Å². The lowest BCUT2D eigenvalue weighted by Crippen LogP contribution is -2.07. The van der Waals surface area contributed by atoms with E-state index in [1.165, 1.54) is 77.0 Å². The summed E-state index contributed by atoms with van der Waals surface area (Å²) in [5.74, 6) is 0.00913. The zero-order chi connectivity index (χ0) is 16.3. The van der Waals surface area contributed by atoms with E-state index in [4.69, 9.17) is 4.43 Å². The monoisotopic (exact) mass is 326 g/mol. The Morgan fingerprint density at radius 2 is 1.14 bits per heavy atom. The summed E-state index contributed by atoms with van der Waals surface area (Å²) in [4.78, 5) is 11.4. The Morgan fingerprint density at radius 3 is 1.59 bits per heavy atom. The smallest absolute Gasteiger partial charge is 0.314 e. The topological polar surface area (TPSA) is 26.3 Å². The van der Waals surface area contributed by atoms with Gasteiger partial charge in [-0.05, 0) is 12.5 Å². The molecule has 0 heterocycles. The van der Waals surface area contributed by atoms with Crippen LogP contribution in [0.2, 0.25) is 6.04 Å². The fourth-order valence-electron chi connectivity index (χ4n) is 2.57. The lowest BCUT2D eigenvalue weighted by atomic mass is 10.0. The highest BCUT2D eigenvalue weighted by Crippen LogP contribution is 2.13. The highest BCUT2D eigenvalue weighted by Gasteiger charge is 2.02. The van der Waals surface area contributed by atoms with E-state index >= 15 is 0 Å². The first-order chi connectivity index (χ1) is 10.8. The van der Waals surface area contributed by atoms with Crippen molar-refractivity contribution in [3.63, 3.8) is 0 Å². The molecule has 0 aliphatic heterocycles. The van der Waals surface area contributed by atoms with Gasteiger partial charge in [0.05, 0.1) is 0 Å². The van der Waals surface area contributed by atoms with Crippen LogP contribution in [0.25, 0.3) is 0 Å². The number of rotatable bonds is 17. The Balaban J connectivity index is 3.06. The normalized spacial score (nSPS) is 10.8. The Morgan fingerprint density at radius 1 is 0.682 bits per heavy atom. The average Bonchev–Trinajstić information content (AvgIpc) is 2.52. The Kier molecular flexibility index (Phi) is 18.5. The summed E-state index contributed by atoms with van der Waals surface area (Å²) in [6, 6.07) is 1.02. The molecule has 0 spiro atoms. The molecule has 0 saturated carbocycles. The number of unbranched alkanes of at least 4 members (excludes halogenated alkanes) is 12. The molecule has 3 heteroatoms. The standard InChI is InChI=1S/C19H38O2Si/c1-3-5-6-7-8-9-10-11-12-13-14-15-16-17-19(20)21-22-18-4-2/h3-18H2,1-2H3.